The fourth-order valence-corrected chi connectivity index (χ4v) is 1.37. The fourth-order valence-electron chi connectivity index (χ4n) is 1.37. The molecule has 1 aromatic rings. The Labute approximate surface area is 88.8 Å². The Morgan fingerprint density at radius 3 is 2.60 bits per heavy atom. The van der Waals surface area contributed by atoms with Gasteiger partial charge in [0, 0.05) is 18.3 Å². The SMILES string of the molecule is COc1cc(C)nc(OC)c1C(O)CN. The van der Waals surface area contributed by atoms with Crippen molar-refractivity contribution in [2.75, 3.05) is 20.8 Å². The van der Waals surface area contributed by atoms with Gasteiger partial charge >= 0.3 is 0 Å². The number of aliphatic hydroxyl groups excluding tert-OH is 1. The standard InChI is InChI=1S/C10H16N2O3/c1-6-4-8(14-2)9(7(13)5-11)10(12-6)15-3/h4,7,13H,5,11H2,1-3H3. The molecule has 0 aliphatic carbocycles. The largest absolute Gasteiger partial charge is 0.496 e. The average Bonchev–Trinajstić information content (AvgIpc) is 2.26. The first-order chi connectivity index (χ1) is 7.13. The van der Waals surface area contributed by atoms with Crippen LogP contribution in [-0.2, 0) is 0 Å². The van der Waals surface area contributed by atoms with Gasteiger partial charge in [0.1, 0.15) is 11.9 Å². The lowest BCUT2D eigenvalue weighted by molar-refractivity contribution is 0.176. The molecule has 0 fully saturated rings. The van der Waals surface area contributed by atoms with Crippen molar-refractivity contribution in [2.24, 2.45) is 5.73 Å². The smallest absolute Gasteiger partial charge is 0.223 e. The third kappa shape index (κ3) is 2.37. The normalized spacial score (nSPS) is 12.3. The van der Waals surface area contributed by atoms with Crippen LogP contribution in [0.4, 0.5) is 0 Å². The van der Waals surface area contributed by atoms with E-state index in [-0.39, 0.29) is 6.54 Å². The van der Waals surface area contributed by atoms with Gasteiger partial charge in [0.2, 0.25) is 5.88 Å². The Morgan fingerprint density at radius 1 is 1.47 bits per heavy atom. The van der Waals surface area contributed by atoms with Crippen molar-refractivity contribution in [1.82, 2.24) is 4.98 Å². The topological polar surface area (TPSA) is 77.6 Å². The molecular weight excluding hydrogens is 196 g/mol. The molecule has 0 amide bonds. The molecule has 1 rings (SSSR count). The van der Waals surface area contributed by atoms with Gasteiger partial charge in [-0.2, -0.15) is 0 Å². The van der Waals surface area contributed by atoms with E-state index in [9.17, 15) is 5.11 Å². The van der Waals surface area contributed by atoms with Gasteiger partial charge in [0.25, 0.3) is 0 Å². The lowest BCUT2D eigenvalue weighted by atomic mass is 10.1. The monoisotopic (exact) mass is 212 g/mol. The molecule has 0 aromatic carbocycles. The van der Waals surface area contributed by atoms with Gasteiger partial charge in [-0.25, -0.2) is 4.98 Å². The summed E-state index contributed by atoms with van der Waals surface area (Å²) in [6, 6.07) is 1.73. The summed E-state index contributed by atoms with van der Waals surface area (Å²) >= 11 is 0. The highest BCUT2D eigenvalue weighted by molar-refractivity contribution is 5.43. The summed E-state index contributed by atoms with van der Waals surface area (Å²) in [5, 5.41) is 9.72. The molecule has 0 saturated carbocycles. The number of pyridine rings is 1. The third-order valence-electron chi connectivity index (χ3n) is 2.08. The second kappa shape index (κ2) is 4.95. The fraction of sp³-hybridized carbons (Fsp3) is 0.500. The number of aromatic nitrogens is 1. The van der Waals surface area contributed by atoms with Crippen molar-refractivity contribution >= 4 is 0 Å². The van der Waals surface area contributed by atoms with E-state index in [1.54, 1.807) is 6.07 Å². The molecule has 1 heterocycles. The molecule has 0 saturated heterocycles. The number of aliphatic hydroxyl groups is 1. The van der Waals surface area contributed by atoms with Crippen molar-refractivity contribution in [3.8, 4) is 11.6 Å². The summed E-state index contributed by atoms with van der Waals surface area (Å²) < 4.78 is 10.2. The Kier molecular flexibility index (Phi) is 3.88. The zero-order valence-electron chi connectivity index (χ0n) is 9.15. The highest BCUT2D eigenvalue weighted by Crippen LogP contribution is 2.32. The van der Waals surface area contributed by atoms with Crippen molar-refractivity contribution in [2.45, 2.75) is 13.0 Å². The van der Waals surface area contributed by atoms with E-state index in [1.165, 1.54) is 14.2 Å². The third-order valence-corrected chi connectivity index (χ3v) is 2.08. The average molecular weight is 212 g/mol. The zero-order valence-corrected chi connectivity index (χ0v) is 9.15. The van der Waals surface area contributed by atoms with Crippen molar-refractivity contribution in [3.05, 3.63) is 17.3 Å². The molecule has 3 N–H and O–H groups in total. The maximum Gasteiger partial charge on any atom is 0.223 e. The molecule has 5 heteroatoms. The minimum absolute atomic E-state index is 0.0947. The predicted molar refractivity (Wildman–Crippen MR) is 56.1 cm³/mol. The number of methoxy groups -OCH3 is 2. The van der Waals surface area contributed by atoms with Crippen LogP contribution in [0, 0.1) is 6.92 Å². The Bertz CT molecular complexity index is 316. The van der Waals surface area contributed by atoms with Gasteiger partial charge in [-0.05, 0) is 6.92 Å². The van der Waals surface area contributed by atoms with E-state index in [1.807, 2.05) is 6.92 Å². The van der Waals surface area contributed by atoms with E-state index in [0.29, 0.717) is 17.2 Å². The van der Waals surface area contributed by atoms with E-state index in [4.69, 9.17) is 15.2 Å². The zero-order chi connectivity index (χ0) is 11.4. The van der Waals surface area contributed by atoms with Crippen molar-refractivity contribution < 1.29 is 14.6 Å². The van der Waals surface area contributed by atoms with Crippen LogP contribution in [0.2, 0.25) is 0 Å². The Hall–Kier alpha value is -1.33. The van der Waals surface area contributed by atoms with E-state index >= 15 is 0 Å². The number of rotatable bonds is 4. The van der Waals surface area contributed by atoms with Crippen LogP contribution in [-0.4, -0.2) is 30.9 Å². The maximum absolute atomic E-state index is 9.72. The molecule has 1 atom stereocenters. The minimum Gasteiger partial charge on any atom is -0.496 e. The summed E-state index contributed by atoms with van der Waals surface area (Å²) in [7, 11) is 3.02. The van der Waals surface area contributed by atoms with Crippen LogP contribution in [0.25, 0.3) is 0 Å². The second-order valence-electron chi connectivity index (χ2n) is 3.14. The molecule has 84 valence electrons. The quantitative estimate of drug-likeness (QED) is 0.755. The van der Waals surface area contributed by atoms with Gasteiger partial charge in [0.15, 0.2) is 0 Å². The first kappa shape index (κ1) is 11.7. The molecule has 0 aliphatic rings. The number of hydrogen-bond donors (Lipinski definition) is 2. The molecule has 15 heavy (non-hydrogen) atoms. The van der Waals surface area contributed by atoms with Crippen LogP contribution in [0.3, 0.4) is 0 Å². The molecule has 1 unspecified atom stereocenters. The maximum atomic E-state index is 9.72. The molecule has 1 aromatic heterocycles. The highest BCUT2D eigenvalue weighted by atomic mass is 16.5. The summed E-state index contributed by atoms with van der Waals surface area (Å²) in [6.45, 7) is 1.92. The van der Waals surface area contributed by atoms with Gasteiger partial charge in [-0.3, -0.25) is 0 Å². The van der Waals surface area contributed by atoms with Gasteiger partial charge < -0.3 is 20.3 Å². The lowest BCUT2D eigenvalue weighted by Crippen LogP contribution is -2.14. The van der Waals surface area contributed by atoms with Crippen LogP contribution < -0.4 is 15.2 Å². The Balaban J connectivity index is 3.30. The van der Waals surface area contributed by atoms with E-state index in [0.717, 1.165) is 5.69 Å². The second-order valence-corrected chi connectivity index (χ2v) is 3.14. The number of hydrogen-bond acceptors (Lipinski definition) is 5. The summed E-state index contributed by atoms with van der Waals surface area (Å²) in [5.41, 5.74) is 6.65. The van der Waals surface area contributed by atoms with Crippen LogP contribution in [0.1, 0.15) is 17.4 Å². The van der Waals surface area contributed by atoms with Crippen LogP contribution in [0.15, 0.2) is 6.07 Å². The summed E-state index contributed by atoms with van der Waals surface area (Å²) in [5.74, 6) is 0.891. The number of nitrogens with zero attached hydrogens (tertiary/aromatic N) is 1. The lowest BCUT2D eigenvalue weighted by Gasteiger charge is -2.16. The van der Waals surface area contributed by atoms with E-state index in [2.05, 4.69) is 4.98 Å². The van der Waals surface area contributed by atoms with Crippen molar-refractivity contribution in [1.29, 1.82) is 0 Å². The number of ether oxygens (including phenoxy) is 2. The highest BCUT2D eigenvalue weighted by Gasteiger charge is 2.19. The molecule has 0 aliphatic heterocycles. The number of aryl methyl sites for hydroxylation is 1. The minimum atomic E-state index is -0.831. The van der Waals surface area contributed by atoms with Crippen molar-refractivity contribution in [3.63, 3.8) is 0 Å². The Morgan fingerprint density at radius 2 is 2.13 bits per heavy atom. The van der Waals surface area contributed by atoms with Crippen LogP contribution in [0.5, 0.6) is 11.6 Å². The summed E-state index contributed by atoms with van der Waals surface area (Å²) in [6.07, 6.45) is -0.831. The van der Waals surface area contributed by atoms with Gasteiger partial charge in [-0.1, -0.05) is 0 Å². The molecule has 5 nitrogen and oxygen atoms in total. The molecular formula is C10H16N2O3. The number of nitrogens with two attached hydrogens (primary N) is 1. The molecule has 0 bridgehead atoms. The predicted octanol–water partition coefficient (Wildman–Crippen LogP) is 0.399. The van der Waals surface area contributed by atoms with E-state index < -0.39 is 6.10 Å². The molecule has 0 spiro atoms. The molecule has 0 radical (unpaired) electrons. The first-order valence-corrected chi connectivity index (χ1v) is 4.61. The van der Waals surface area contributed by atoms with Gasteiger partial charge in [-0.15, -0.1) is 0 Å². The van der Waals surface area contributed by atoms with Crippen LogP contribution >= 0.6 is 0 Å². The summed E-state index contributed by atoms with van der Waals surface area (Å²) in [4.78, 5) is 4.15. The van der Waals surface area contributed by atoms with Gasteiger partial charge in [0.05, 0.1) is 19.8 Å². The first-order valence-electron chi connectivity index (χ1n) is 4.61.